The average Bonchev–Trinajstić information content (AvgIpc) is 2.68. The molecule has 0 saturated carbocycles. The van der Waals surface area contributed by atoms with Crippen molar-refractivity contribution in [2.45, 2.75) is 27.7 Å². The molecular formula is C28H30. The molecule has 0 fully saturated rings. The first-order chi connectivity index (χ1) is 13.5. The van der Waals surface area contributed by atoms with Crippen molar-refractivity contribution >= 4 is 16.7 Å². The van der Waals surface area contributed by atoms with Gasteiger partial charge in [0.05, 0.1) is 0 Å². The highest BCUT2D eigenvalue weighted by Gasteiger charge is 2.06. The summed E-state index contributed by atoms with van der Waals surface area (Å²) >= 11 is 0. The van der Waals surface area contributed by atoms with Crippen LogP contribution in [0.4, 0.5) is 0 Å². The molecule has 2 rings (SSSR count). The summed E-state index contributed by atoms with van der Waals surface area (Å²) in [5, 5.41) is 0. The predicted molar refractivity (Wildman–Crippen MR) is 127 cm³/mol. The summed E-state index contributed by atoms with van der Waals surface area (Å²) in [4.78, 5) is 0. The van der Waals surface area contributed by atoms with E-state index < -0.39 is 0 Å². The van der Waals surface area contributed by atoms with Gasteiger partial charge in [-0.3, -0.25) is 0 Å². The van der Waals surface area contributed by atoms with Crippen LogP contribution in [0.5, 0.6) is 0 Å². The third-order valence-corrected chi connectivity index (χ3v) is 4.67. The molecule has 0 heterocycles. The predicted octanol–water partition coefficient (Wildman–Crippen LogP) is 8.12. The Morgan fingerprint density at radius 1 is 0.750 bits per heavy atom. The minimum Gasteiger partial charge on any atom is -0.0912 e. The van der Waals surface area contributed by atoms with Crippen LogP contribution in [-0.4, -0.2) is 0 Å². The molecule has 0 bridgehead atoms. The van der Waals surface area contributed by atoms with E-state index >= 15 is 0 Å². The lowest BCUT2D eigenvalue weighted by Gasteiger charge is -2.11. The molecule has 0 radical (unpaired) electrons. The lowest BCUT2D eigenvalue weighted by atomic mass is 9.93. The van der Waals surface area contributed by atoms with Gasteiger partial charge in [-0.1, -0.05) is 92.1 Å². The van der Waals surface area contributed by atoms with Gasteiger partial charge in [-0.25, -0.2) is 0 Å². The van der Waals surface area contributed by atoms with Crippen molar-refractivity contribution in [2.24, 2.45) is 0 Å². The SMILES string of the molecule is C=C(/C=C\C=C/C)c1ccc(C(/C=C\C)=C/C(=C)c2ccccc2C)cc1C. The minimum absolute atomic E-state index is 1.02. The molecule has 0 amide bonds. The molecule has 0 aliphatic carbocycles. The standard InChI is InChI=1S/C28H30/c1-7-9-10-14-22(4)28-18-17-26(20-24(28)6)25(13-8-2)19-23(5)27-16-12-11-15-21(27)3/h7-20H,4-5H2,1-3,6H3/b9-7-,13-8-,14-10-,25-19+. The van der Waals surface area contributed by atoms with Crippen LogP contribution in [0, 0.1) is 13.8 Å². The van der Waals surface area contributed by atoms with Gasteiger partial charge in [-0.2, -0.15) is 0 Å². The first kappa shape index (κ1) is 21.2. The minimum atomic E-state index is 1.02. The maximum atomic E-state index is 4.30. The van der Waals surface area contributed by atoms with E-state index in [9.17, 15) is 0 Å². The largest absolute Gasteiger partial charge is 0.0912 e. The quantitative estimate of drug-likeness (QED) is 0.434. The molecule has 0 spiro atoms. The van der Waals surface area contributed by atoms with E-state index in [1.807, 2.05) is 38.2 Å². The second-order valence-electron chi connectivity index (χ2n) is 6.88. The second kappa shape index (κ2) is 10.3. The molecule has 0 aromatic heterocycles. The third-order valence-electron chi connectivity index (χ3n) is 4.67. The summed E-state index contributed by atoms with van der Waals surface area (Å²) < 4.78 is 0. The fraction of sp³-hybridized carbons (Fsp3) is 0.143. The summed E-state index contributed by atoms with van der Waals surface area (Å²) in [5.41, 5.74) is 9.17. The third kappa shape index (κ3) is 5.44. The Balaban J connectivity index is 2.39. The first-order valence-electron chi connectivity index (χ1n) is 9.67. The van der Waals surface area contributed by atoms with Crippen molar-refractivity contribution in [3.63, 3.8) is 0 Å². The summed E-state index contributed by atoms with van der Waals surface area (Å²) in [6.07, 6.45) is 14.5. The van der Waals surface area contributed by atoms with Crippen molar-refractivity contribution in [1.82, 2.24) is 0 Å². The van der Waals surface area contributed by atoms with Crippen molar-refractivity contribution in [1.29, 1.82) is 0 Å². The summed E-state index contributed by atoms with van der Waals surface area (Å²) in [5.74, 6) is 0. The van der Waals surface area contributed by atoms with Crippen LogP contribution < -0.4 is 0 Å². The number of rotatable bonds is 7. The van der Waals surface area contributed by atoms with Crippen LogP contribution in [0.25, 0.3) is 16.7 Å². The molecule has 142 valence electrons. The van der Waals surface area contributed by atoms with Crippen molar-refractivity contribution in [3.8, 4) is 0 Å². The Morgan fingerprint density at radius 3 is 2.11 bits per heavy atom. The molecule has 0 aliphatic heterocycles. The molecule has 0 unspecified atom stereocenters. The first-order valence-corrected chi connectivity index (χ1v) is 9.67. The van der Waals surface area contributed by atoms with Gasteiger partial charge in [-0.15, -0.1) is 0 Å². The van der Waals surface area contributed by atoms with Gasteiger partial charge in [0.25, 0.3) is 0 Å². The van der Waals surface area contributed by atoms with Gasteiger partial charge in [0.1, 0.15) is 0 Å². The van der Waals surface area contributed by atoms with Crippen LogP contribution >= 0.6 is 0 Å². The smallest absolute Gasteiger partial charge is 0.0160 e. The average molecular weight is 367 g/mol. The van der Waals surface area contributed by atoms with Gasteiger partial charge in [-0.05, 0) is 78.3 Å². The van der Waals surface area contributed by atoms with E-state index in [1.54, 1.807) is 0 Å². The number of allylic oxidation sites excluding steroid dienone is 10. The van der Waals surface area contributed by atoms with Gasteiger partial charge in [0.15, 0.2) is 0 Å². The lowest BCUT2D eigenvalue weighted by Crippen LogP contribution is -1.91. The molecule has 2 aromatic rings. The monoisotopic (exact) mass is 366 g/mol. The molecule has 0 atom stereocenters. The van der Waals surface area contributed by atoms with Crippen molar-refractivity contribution in [2.75, 3.05) is 0 Å². The number of aryl methyl sites for hydroxylation is 2. The van der Waals surface area contributed by atoms with Crippen LogP contribution in [0.15, 0.2) is 98.2 Å². The molecule has 0 aliphatic rings. The van der Waals surface area contributed by atoms with Gasteiger partial charge < -0.3 is 0 Å². The normalized spacial score (nSPS) is 12.4. The topological polar surface area (TPSA) is 0 Å². The Hall–Kier alpha value is -3.12. The maximum absolute atomic E-state index is 4.30. The molecule has 0 heteroatoms. The molecule has 0 N–H and O–H groups in total. The van der Waals surface area contributed by atoms with Gasteiger partial charge in [0, 0.05) is 0 Å². The Labute approximate surface area is 170 Å². The maximum Gasteiger partial charge on any atom is -0.0160 e. The zero-order valence-corrected chi connectivity index (χ0v) is 17.5. The molecular weight excluding hydrogens is 336 g/mol. The van der Waals surface area contributed by atoms with Crippen molar-refractivity contribution < 1.29 is 0 Å². The molecule has 28 heavy (non-hydrogen) atoms. The second-order valence-corrected chi connectivity index (χ2v) is 6.88. The summed E-state index contributed by atoms with van der Waals surface area (Å²) in [6, 6.07) is 14.9. The molecule has 2 aromatic carbocycles. The zero-order valence-electron chi connectivity index (χ0n) is 17.5. The van der Waals surface area contributed by atoms with Crippen molar-refractivity contribution in [3.05, 3.63) is 126 Å². The van der Waals surface area contributed by atoms with Gasteiger partial charge >= 0.3 is 0 Å². The van der Waals surface area contributed by atoms with Gasteiger partial charge in [0.2, 0.25) is 0 Å². The highest BCUT2D eigenvalue weighted by Crippen LogP contribution is 2.27. The Kier molecular flexibility index (Phi) is 7.77. The zero-order chi connectivity index (χ0) is 20.5. The van der Waals surface area contributed by atoms with E-state index in [1.165, 1.54) is 27.8 Å². The molecule has 0 saturated heterocycles. The summed E-state index contributed by atoms with van der Waals surface area (Å²) in [7, 11) is 0. The Bertz CT molecular complexity index is 975. The highest BCUT2D eigenvalue weighted by atomic mass is 14.1. The van der Waals surface area contributed by atoms with E-state index in [4.69, 9.17) is 0 Å². The van der Waals surface area contributed by atoms with Crippen LogP contribution in [0.3, 0.4) is 0 Å². The molecule has 0 nitrogen and oxygen atoms in total. The van der Waals surface area contributed by atoms with Crippen LogP contribution in [-0.2, 0) is 0 Å². The lowest BCUT2D eigenvalue weighted by molar-refractivity contribution is 1.41. The van der Waals surface area contributed by atoms with E-state index in [0.29, 0.717) is 0 Å². The van der Waals surface area contributed by atoms with E-state index in [2.05, 4.69) is 87.7 Å². The van der Waals surface area contributed by atoms with E-state index in [0.717, 1.165) is 16.7 Å². The summed E-state index contributed by atoms with van der Waals surface area (Å²) in [6.45, 7) is 16.8. The fourth-order valence-corrected chi connectivity index (χ4v) is 3.18. The fourth-order valence-electron chi connectivity index (χ4n) is 3.18. The van der Waals surface area contributed by atoms with Crippen LogP contribution in [0.2, 0.25) is 0 Å². The van der Waals surface area contributed by atoms with E-state index in [-0.39, 0.29) is 0 Å². The van der Waals surface area contributed by atoms with Crippen LogP contribution in [0.1, 0.15) is 41.7 Å². The number of hydrogen-bond donors (Lipinski definition) is 0. The Morgan fingerprint density at radius 2 is 1.46 bits per heavy atom. The number of hydrogen-bond acceptors (Lipinski definition) is 0. The number of benzene rings is 2. The highest BCUT2D eigenvalue weighted by molar-refractivity contribution is 5.88.